The molecule has 2 unspecified atom stereocenters. The summed E-state index contributed by atoms with van der Waals surface area (Å²) in [7, 11) is 0. The van der Waals surface area contributed by atoms with E-state index in [1.54, 1.807) is 24.5 Å². The molecule has 6 aromatic rings. The molecule has 2 saturated heterocycles. The summed E-state index contributed by atoms with van der Waals surface area (Å²) >= 11 is 13.9. The summed E-state index contributed by atoms with van der Waals surface area (Å²) in [5, 5.41) is 29.9. The summed E-state index contributed by atoms with van der Waals surface area (Å²) in [6.07, 6.45) is 9.72. The van der Waals surface area contributed by atoms with Gasteiger partial charge in [0.05, 0.1) is 33.8 Å². The Balaban J connectivity index is 0.915. The van der Waals surface area contributed by atoms with Gasteiger partial charge in [0.1, 0.15) is 61.4 Å². The quantitative estimate of drug-likeness (QED) is 0.0691. The fourth-order valence-electron chi connectivity index (χ4n) is 9.65. The Morgan fingerprint density at radius 1 is 0.685 bits per heavy atom. The van der Waals surface area contributed by atoms with Crippen molar-refractivity contribution >= 4 is 40.9 Å². The first-order valence-corrected chi connectivity index (χ1v) is 25.2. The van der Waals surface area contributed by atoms with Gasteiger partial charge >= 0.3 is 11.9 Å². The fraction of sp³-hybridized carbons (Fsp3) is 0.333. The maximum atomic E-state index is 11.9. The van der Waals surface area contributed by atoms with Crippen molar-refractivity contribution in [2.75, 3.05) is 32.7 Å². The number of nitriles is 1. The predicted octanol–water partition coefficient (Wildman–Crippen LogP) is 10.6. The number of pyridine rings is 2. The fourth-order valence-corrected chi connectivity index (χ4v) is 10.1. The number of aliphatic imine (C=N–C) groups is 1. The number of rotatable bonds is 20. The second-order valence-corrected chi connectivity index (χ2v) is 19.8. The largest absolute Gasteiger partial charge is 0.488 e. The summed E-state index contributed by atoms with van der Waals surface area (Å²) in [6, 6.07) is 25.5. The highest BCUT2D eigenvalue weighted by atomic mass is 35.5. The SMILES string of the molecule is Cc1c(COc2cc(OCc3cncc(C#N)c3)c(CN3CCCC(C(=O)O)C3)cc2Cl)cccc1-c1cccc(COc2cc(OCc3cncc(C4=NC4)c3)c(CN3CCCC(C(O)=[OH+])C3)cc2Cl)c1C. The van der Waals surface area contributed by atoms with E-state index in [1.807, 2.05) is 54.7 Å². The number of halogens is 2. The Morgan fingerprint density at radius 2 is 1.19 bits per heavy atom. The van der Waals surface area contributed by atoms with Crippen LogP contribution in [0.3, 0.4) is 0 Å². The molecule has 0 aliphatic carbocycles. The number of likely N-dealkylation sites (tertiary alicyclic amines) is 2. The average Bonchev–Trinajstić information content (AvgIpc) is 4.25. The summed E-state index contributed by atoms with van der Waals surface area (Å²) in [5.74, 6) is -0.0218. The first kappa shape index (κ1) is 50.9. The number of carboxylic acids is 2. The van der Waals surface area contributed by atoms with E-state index in [2.05, 4.69) is 56.8 Å². The minimum Gasteiger partial charge on any atom is -0.488 e. The van der Waals surface area contributed by atoms with Crippen molar-refractivity contribution in [2.24, 2.45) is 16.8 Å². The molecule has 2 fully saturated rings. The number of hydrogen-bond donors (Lipinski definition) is 2. The normalized spacial score (nSPS) is 16.8. The molecule has 0 radical (unpaired) electrons. The van der Waals surface area contributed by atoms with E-state index in [1.165, 1.54) is 6.20 Å². The summed E-state index contributed by atoms with van der Waals surface area (Å²) < 4.78 is 25.9. The first-order chi connectivity index (χ1) is 35.4. The van der Waals surface area contributed by atoms with Gasteiger partial charge in [-0.05, 0) is 110 Å². The molecule has 3 aliphatic heterocycles. The highest BCUT2D eigenvalue weighted by molar-refractivity contribution is 6.32. The zero-order valence-electron chi connectivity index (χ0n) is 40.8. The molecule has 0 spiro atoms. The zero-order chi connectivity index (χ0) is 51.0. The maximum Gasteiger partial charge on any atom is 0.484 e. The number of aliphatic carboxylic acids is 2. The van der Waals surface area contributed by atoms with E-state index in [0.717, 1.165) is 106 Å². The molecule has 0 saturated carbocycles. The van der Waals surface area contributed by atoms with Crippen LogP contribution in [0.25, 0.3) is 11.1 Å². The van der Waals surface area contributed by atoms with Crippen molar-refractivity contribution in [3.8, 4) is 40.2 Å². The first-order valence-electron chi connectivity index (χ1n) is 24.5. The van der Waals surface area contributed by atoms with Crippen molar-refractivity contribution in [1.82, 2.24) is 19.8 Å². The zero-order valence-corrected chi connectivity index (χ0v) is 42.3. The Hall–Kier alpha value is -7.02. The second kappa shape index (κ2) is 23.2. The van der Waals surface area contributed by atoms with E-state index >= 15 is 0 Å². The molecular weight excluding hydrogens is 968 g/mol. The molecule has 0 bridgehead atoms. The molecule has 5 heterocycles. The molecule has 9 rings (SSSR count). The highest BCUT2D eigenvalue weighted by Gasteiger charge is 2.31. The molecule has 0 amide bonds. The van der Waals surface area contributed by atoms with Crippen LogP contribution >= 0.6 is 23.2 Å². The summed E-state index contributed by atoms with van der Waals surface area (Å²) in [5.41, 5.74) is 11.8. The van der Waals surface area contributed by atoms with Crippen molar-refractivity contribution < 1.29 is 38.7 Å². The number of benzene rings is 4. The van der Waals surface area contributed by atoms with Crippen LogP contribution in [0.2, 0.25) is 10.0 Å². The molecule has 16 heteroatoms. The summed E-state index contributed by atoms with van der Waals surface area (Å²) in [6.45, 7) is 9.20. The molecule has 2 aromatic heterocycles. The monoisotopic (exact) mass is 1020 g/mol. The standard InChI is InChI=1S/C57H56Cl2N6O8/c1-35-42(33-72-54-19-52(70-31-38-15-37(21-60)22-61-23-38)45(17-49(54)58)29-64-13-5-9-40(27-64)56(66)67)7-3-11-47(35)48-12-4-8-43(36(48)2)34-73-55-20-53(71-32-39-16-44(25-62-24-39)51-26-63-51)46(18-50(55)59)30-65-14-6-10-41(28-65)57(68)69/h3-4,7-8,11-12,15-20,22-25,40-41H,5-6,9-10,13-14,26-34H2,1-2H3,(H,66,67)(H,68,69)/p+1. The molecule has 4 aromatic carbocycles. The summed E-state index contributed by atoms with van der Waals surface area (Å²) in [4.78, 5) is 38.9. The molecule has 376 valence electrons. The highest BCUT2D eigenvalue weighted by Crippen LogP contribution is 2.39. The number of aliphatic hydroxyl groups excluding tert-OH is 1. The maximum absolute atomic E-state index is 11.9. The van der Waals surface area contributed by atoms with Crippen molar-refractivity contribution in [2.45, 2.75) is 79.0 Å². The Morgan fingerprint density at radius 3 is 1.71 bits per heavy atom. The van der Waals surface area contributed by atoms with Gasteiger partial charge in [0.15, 0.2) is 0 Å². The van der Waals surface area contributed by atoms with Crippen molar-refractivity contribution in [1.29, 1.82) is 5.26 Å². The minimum atomic E-state index is -0.796. The van der Waals surface area contributed by atoms with Crippen LogP contribution in [0.4, 0.5) is 0 Å². The number of aromatic nitrogens is 2. The number of nitrogens with zero attached hydrogens (tertiary/aromatic N) is 6. The lowest BCUT2D eigenvalue weighted by molar-refractivity contribution is -0.143. The molecule has 2 atom stereocenters. The van der Waals surface area contributed by atoms with E-state index in [-0.39, 0.29) is 32.3 Å². The van der Waals surface area contributed by atoms with Crippen molar-refractivity contribution in [3.05, 3.63) is 163 Å². The van der Waals surface area contributed by atoms with Gasteiger partial charge in [-0.25, -0.2) is 0 Å². The van der Waals surface area contributed by atoms with Gasteiger partial charge in [0, 0.05) is 90.9 Å². The number of ether oxygens (including phenoxy) is 4. The lowest BCUT2D eigenvalue weighted by atomic mass is 9.92. The second-order valence-electron chi connectivity index (χ2n) is 19.0. The smallest absolute Gasteiger partial charge is 0.484 e. The van der Waals surface area contributed by atoms with Gasteiger partial charge in [0.25, 0.3) is 0 Å². The van der Waals surface area contributed by atoms with E-state index in [4.69, 9.17) is 42.1 Å². The van der Waals surface area contributed by atoms with Gasteiger partial charge in [-0.15, -0.1) is 0 Å². The molecule has 3 N–H and O–H groups in total. The van der Waals surface area contributed by atoms with E-state index < -0.39 is 17.9 Å². The van der Waals surface area contributed by atoms with Crippen LogP contribution in [0.5, 0.6) is 23.0 Å². The lowest BCUT2D eigenvalue weighted by Gasteiger charge is -2.31. The number of carbonyl (C=O) groups is 1. The number of carboxylic acid groups (broad SMARTS) is 2. The van der Waals surface area contributed by atoms with Crippen LogP contribution in [-0.4, -0.2) is 85.1 Å². The number of hydrogen-bond acceptors (Lipinski definition) is 11. The Labute approximate surface area is 434 Å². The Kier molecular flexibility index (Phi) is 16.2. The van der Waals surface area contributed by atoms with Crippen LogP contribution in [-0.2, 0) is 44.3 Å². The number of piperidine rings is 2. The van der Waals surface area contributed by atoms with Gasteiger partial charge in [-0.3, -0.25) is 29.6 Å². The third kappa shape index (κ3) is 12.8. The van der Waals surface area contributed by atoms with Crippen LogP contribution in [0, 0.1) is 37.0 Å². The minimum absolute atomic E-state index is 0.150. The third-order valence-corrected chi connectivity index (χ3v) is 14.4. The Bertz CT molecular complexity index is 3100. The van der Waals surface area contributed by atoms with Crippen LogP contribution in [0.1, 0.15) is 81.3 Å². The van der Waals surface area contributed by atoms with Crippen LogP contribution < -0.4 is 18.9 Å². The van der Waals surface area contributed by atoms with Crippen molar-refractivity contribution in [3.63, 3.8) is 0 Å². The van der Waals surface area contributed by atoms with Gasteiger partial charge in [-0.2, -0.15) is 5.26 Å². The van der Waals surface area contributed by atoms with Crippen LogP contribution in [0.15, 0.2) is 103 Å². The van der Waals surface area contributed by atoms with Gasteiger partial charge in [0.2, 0.25) is 0 Å². The predicted molar refractivity (Wildman–Crippen MR) is 279 cm³/mol. The van der Waals surface area contributed by atoms with E-state index in [0.29, 0.717) is 71.2 Å². The molecule has 73 heavy (non-hydrogen) atoms. The van der Waals surface area contributed by atoms with E-state index in [9.17, 15) is 25.1 Å². The topological polar surface area (TPSA) is 184 Å². The van der Waals surface area contributed by atoms with Gasteiger partial charge < -0.3 is 34.0 Å². The average molecular weight is 1030 g/mol. The third-order valence-electron chi connectivity index (χ3n) is 13.8. The molecule has 3 aliphatic rings. The lowest BCUT2D eigenvalue weighted by Crippen LogP contribution is -2.38. The molecular formula is C57H57Cl2N6O8+. The van der Waals surface area contributed by atoms with Gasteiger partial charge in [-0.1, -0.05) is 59.6 Å². The molecule has 14 nitrogen and oxygen atoms in total.